The van der Waals surface area contributed by atoms with Gasteiger partial charge in [0, 0.05) is 77.9 Å². The first kappa shape index (κ1) is 48.5. The third-order valence-electron chi connectivity index (χ3n) is 6.49. The van der Waals surface area contributed by atoms with E-state index >= 15 is 0 Å². The quantitative estimate of drug-likeness (QED) is 0.159. The summed E-state index contributed by atoms with van der Waals surface area (Å²) in [5.41, 5.74) is -0.00237. The Morgan fingerprint density at radius 2 is 0.750 bits per heavy atom. The van der Waals surface area contributed by atoms with E-state index in [0.29, 0.717) is 11.6 Å². The third kappa shape index (κ3) is 18.5. The van der Waals surface area contributed by atoms with Crippen LogP contribution in [0.5, 0.6) is 0 Å². The van der Waals surface area contributed by atoms with Crippen LogP contribution >= 0.6 is 106 Å². The molecule has 0 amide bonds. The molecule has 0 aliphatic rings. The molecule has 294 valence electrons. The first-order valence-corrected chi connectivity index (χ1v) is 52.8. The van der Waals surface area contributed by atoms with Crippen LogP contribution in [0.15, 0.2) is 80.4 Å². The van der Waals surface area contributed by atoms with Crippen LogP contribution in [0, 0.1) is 0 Å². The first-order valence-electron chi connectivity index (χ1n) is 14.0. The topological polar surface area (TPSA) is 102 Å². The molecule has 4 aromatic rings. The average molecular weight is 1190 g/mol. The maximum absolute atomic E-state index is 13.2. The first-order chi connectivity index (χ1) is 22.9. The summed E-state index contributed by atoms with van der Waals surface area (Å²) in [6, 6.07) is 10.3. The average Bonchev–Trinajstić information content (AvgIpc) is 2.95. The summed E-state index contributed by atoms with van der Waals surface area (Å²) in [4.78, 5) is 55.3. The second-order valence-corrected chi connectivity index (χ2v) is 125. The van der Waals surface area contributed by atoms with Gasteiger partial charge in [0.05, 0.1) is 36.9 Å². The van der Waals surface area contributed by atoms with Gasteiger partial charge in [0.15, 0.2) is 0 Å². The zero-order valence-corrected chi connectivity index (χ0v) is 42.0. The molecule has 0 saturated carbocycles. The van der Waals surface area contributed by atoms with Crippen molar-refractivity contribution in [3.8, 4) is 11.6 Å². The second kappa shape index (κ2) is 16.0. The second-order valence-electron chi connectivity index (χ2n) is 11.3. The molecule has 0 radical (unpaired) electrons. The molecule has 0 aliphatic heterocycles. The SMILES string of the molecule is CN(C)c1cc[n+](-c2cc(=O)n(C)c(=O)n2CCn2c(-[n+]3ccc(N(C)C)cc3)cc(=O)n(C)c2=O)cc1.[Cl][Sb-]([Cl])([Cl])([Cl])([Cl])[Cl].[Cl][Sb-]([Cl])([Cl])([Cl])([Cl])[Cl]. The summed E-state index contributed by atoms with van der Waals surface area (Å²) in [6.07, 6.45) is 7.08. The minimum atomic E-state index is -5.42. The van der Waals surface area contributed by atoms with Gasteiger partial charge in [-0.2, -0.15) is 9.13 Å². The van der Waals surface area contributed by atoms with Crippen LogP contribution in [0.2, 0.25) is 0 Å². The van der Waals surface area contributed by atoms with E-state index < -0.39 is 40.8 Å². The van der Waals surface area contributed by atoms with Gasteiger partial charge >= 0.3 is 136 Å². The molecule has 0 atom stereocenters. The van der Waals surface area contributed by atoms with Gasteiger partial charge in [-0.05, 0) is 0 Å². The minimum absolute atomic E-state index is 0.0756. The van der Waals surface area contributed by atoms with Crippen molar-refractivity contribution in [3.05, 3.63) is 103 Å². The molecule has 0 aromatic carbocycles. The van der Waals surface area contributed by atoms with Gasteiger partial charge in [0.2, 0.25) is 0 Å². The predicted molar refractivity (Wildman–Crippen MR) is 225 cm³/mol. The number of nitrogens with zero attached hydrogens (tertiary/aromatic N) is 8. The van der Waals surface area contributed by atoms with Crippen molar-refractivity contribution in [1.29, 1.82) is 0 Å². The Kier molecular flexibility index (Phi) is 14.9. The summed E-state index contributed by atoms with van der Waals surface area (Å²) < 4.78 is 8.31. The van der Waals surface area contributed by atoms with E-state index in [1.807, 2.05) is 62.3 Å². The molecule has 26 heteroatoms. The summed E-state index contributed by atoms with van der Waals surface area (Å²) in [6.45, 7) is 0.151. The van der Waals surface area contributed by atoms with Crippen LogP contribution in [0.25, 0.3) is 11.6 Å². The maximum atomic E-state index is 13.2. The molecular formula is C26H32Cl12N8O4Sb2. The Balaban J connectivity index is 0.000000564. The molecule has 4 aromatic heterocycles. The van der Waals surface area contributed by atoms with Crippen LogP contribution < -0.4 is 41.4 Å². The predicted octanol–water partition coefficient (Wildman–Crippen LogP) is 6.31. The van der Waals surface area contributed by atoms with E-state index in [-0.39, 0.29) is 13.1 Å². The fourth-order valence-corrected chi connectivity index (χ4v) is 4.10. The number of hydrogen-bond acceptors (Lipinski definition) is 6. The van der Waals surface area contributed by atoms with Crippen molar-refractivity contribution in [1.82, 2.24) is 18.3 Å². The Morgan fingerprint density at radius 3 is 0.962 bits per heavy atom. The zero-order chi connectivity index (χ0) is 40.5. The molecule has 52 heavy (non-hydrogen) atoms. The van der Waals surface area contributed by atoms with E-state index in [4.69, 9.17) is 106 Å². The van der Waals surface area contributed by atoms with Gasteiger partial charge in [-0.3, -0.25) is 9.59 Å². The molecule has 0 bridgehead atoms. The summed E-state index contributed by atoms with van der Waals surface area (Å²) >= 11 is 0. The van der Waals surface area contributed by atoms with Gasteiger partial charge in [0.25, 0.3) is 22.8 Å². The zero-order valence-electron chi connectivity index (χ0n) is 27.8. The van der Waals surface area contributed by atoms with Crippen molar-refractivity contribution >= 4 is 136 Å². The van der Waals surface area contributed by atoms with Gasteiger partial charge in [-0.25, -0.2) is 27.9 Å². The molecule has 0 unspecified atom stereocenters. The van der Waals surface area contributed by atoms with Gasteiger partial charge < -0.3 is 9.80 Å². The van der Waals surface area contributed by atoms with E-state index in [9.17, 15) is 19.2 Å². The van der Waals surface area contributed by atoms with Crippen molar-refractivity contribution in [2.75, 3.05) is 38.0 Å². The monoisotopic (exact) mass is 1180 g/mol. The fraction of sp³-hybridized carbons (Fsp3) is 0.308. The summed E-state index contributed by atoms with van der Waals surface area (Å²) in [5, 5.41) is 0. The number of rotatable bonds is 7. The Morgan fingerprint density at radius 1 is 0.519 bits per heavy atom. The number of anilines is 2. The molecule has 0 aliphatic carbocycles. The van der Waals surface area contributed by atoms with Crippen LogP contribution in [-0.2, 0) is 27.2 Å². The van der Waals surface area contributed by atoms with Crippen LogP contribution in [0.1, 0.15) is 0 Å². The van der Waals surface area contributed by atoms with E-state index in [0.717, 1.165) is 20.5 Å². The van der Waals surface area contributed by atoms with Crippen LogP contribution in [0.3, 0.4) is 0 Å². The number of hydrogen-bond donors (Lipinski definition) is 0. The Bertz CT molecular complexity index is 2000. The Hall–Kier alpha value is 0.376. The molecule has 4 heterocycles. The van der Waals surface area contributed by atoms with Crippen LogP contribution in [-0.4, -0.2) is 64.7 Å². The number of pyridine rings is 2. The normalized spacial score (nSPS) is 14.3. The molecule has 12 nitrogen and oxygen atoms in total. The molecule has 4 rings (SSSR count). The molecule has 0 saturated heterocycles. The van der Waals surface area contributed by atoms with Crippen molar-refractivity contribution in [2.45, 2.75) is 13.1 Å². The summed E-state index contributed by atoms with van der Waals surface area (Å²) in [7, 11) is 60.4. The van der Waals surface area contributed by atoms with E-state index in [1.54, 1.807) is 33.9 Å². The fourth-order valence-electron chi connectivity index (χ4n) is 4.10. The standard InChI is InChI=1S/C26H32N8O4.12ClH.2Sb/c1-27(2)19-7-11-31(12-8-19)21-17-23(35)29(5)25(37)33(21)15-16-34-22(18-24(36)30(6)26(34)38)32-13-9-20(10-14-32)28(3)4;;;;;;;;;;;;;;/h7-14,17-18H,15-16H2,1-6H3;12*1H;;/q+2;;;;;;;;;;;;;2*+5/p-12. The third-order valence-corrected chi connectivity index (χ3v) is 6.49. The van der Waals surface area contributed by atoms with Gasteiger partial charge in [0.1, 0.15) is 13.1 Å². The van der Waals surface area contributed by atoms with Crippen molar-refractivity contribution < 1.29 is 9.13 Å². The molecule has 0 spiro atoms. The van der Waals surface area contributed by atoms with E-state index in [1.165, 1.54) is 35.4 Å². The summed E-state index contributed by atoms with van der Waals surface area (Å²) in [5.74, 6) is 0.733. The number of aromatic nitrogens is 6. The Labute approximate surface area is 338 Å². The molecule has 0 N–H and O–H groups in total. The van der Waals surface area contributed by atoms with Gasteiger partial charge in [-0.15, -0.1) is 0 Å². The number of halogens is 12. The van der Waals surface area contributed by atoms with Crippen LogP contribution in [0.4, 0.5) is 11.4 Å². The van der Waals surface area contributed by atoms with Crippen molar-refractivity contribution in [2.24, 2.45) is 14.1 Å². The van der Waals surface area contributed by atoms with Crippen molar-refractivity contribution in [3.63, 3.8) is 0 Å². The molecule has 0 fully saturated rings. The molecular weight excluding hydrogens is 1160 g/mol. The van der Waals surface area contributed by atoms with Gasteiger partial charge in [-0.1, -0.05) is 0 Å². The van der Waals surface area contributed by atoms with E-state index in [2.05, 4.69) is 0 Å².